The molecule has 0 spiro atoms. The quantitative estimate of drug-likeness (QED) is 0.227. The van der Waals surface area contributed by atoms with E-state index in [1.165, 1.54) is 46.4 Å². The number of rotatable bonds is 7. The number of carbonyl (C=O) groups excluding carboxylic acids is 3. The number of aryl methyl sites for hydroxylation is 1. The molecular weight excluding hydrogens is 689 g/mol. The summed E-state index contributed by atoms with van der Waals surface area (Å²) in [4.78, 5) is 51.2. The third-order valence-electron chi connectivity index (χ3n) is 12.4. The van der Waals surface area contributed by atoms with Crippen LogP contribution in [0.15, 0.2) is 85.1 Å². The van der Waals surface area contributed by atoms with E-state index in [4.69, 9.17) is 4.98 Å². The highest BCUT2D eigenvalue weighted by molar-refractivity contribution is 6.05. The minimum atomic E-state index is -0.589. The summed E-state index contributed by atoms with van der Waals surface area (Å²) in [6.45, 7) is 7.55. The van der Waals surface area contributed by atoms with Crippen molar-refractivity contribution in [3.8, 4) is 5.75 Å². The minimum absolute atomic E-state index is 0.125. The molecule has 0 radical (unpaired) electrons. The highest BCUT2D eigenvalue weighted by Gasteiger charge is 2.39. The Balaban J connectivity index is 0.798. The number of phenols is 1. The van der Waals surface area contributed by atoms with E-state index in [0.29, 0.717) is 30.2 Å². The van der Waals surface area contributed by atoms with Crippen LogP contribution in [-0.4, -0.2) is 89.5 Å². The zero-order valence-corrected chi connectivity index (χ0v) is 31.3. The van der Waals surface area contributed by atoms with Crippen molar-refractivity contribution in [1.82, 2.24) is 20.1 Å². The summed E-state index contributed by atoms with van der Waals surface area (Å²) < 4.78 is 0. The fraction of sp³-hybridized carbons (Fsp3) is 0.378. The maximum atomic E-state index is 13.2. The number of aromatic nitrogens is 1. The van der Waals surface area contributed by atoms with Crippen LogP contribution >= 0.6 is 0 Å². The average molecular weight is 737 g/mol. The molecule has 5 aliphatic rings. The molecule has 0 unspecified atom stereocenters. The highest BCUT2D eigenvalue weighted by atomic mass is 16.3. The standard InChI is InChI=1S/C45H48N6O4/c52-36-12-14-37-32(27-36)4-3-5-39(40-6-1-2-19-46-40)43(37)31-7-9-34(10-8-31)49-20-17-30(18-21-49)28-48-22-24-50(25-23-48)35-11-13-38-33(26-35)29-51(45(38)55)41-15-16-42(53)47-44(41)54/h1-2,6-14,19,26-27,30,41,52H,3-5,15-18,20-25,28-29H2,(H,47,53,54)/t41-/m0/s1. The number of fused-ring (bicyclic) bond motifs is 2. The van der Waals surface area contributed by atoms with E-state index in [2.05, 4.69) is 68.5 Å². The zero-order valence-electron chi connectivity index (χ0n) is 31.3. The Bertz CT molecular complexity index is 2130. The lowest BCUT2D eigenvalue weighted by molar-refractivity contribution is -0.136. The fourth-order valence-corrected chi connectivity index (χ4v) is 9.43. The SMILES string of the molecule is O=C1CC[C@H](N2Cc3cc(N4CCN(CC5CCN(c6ccc(C7=C(c8ccccn8)CCCc8cc(O)ccc87)cc6)CC5)CC4)ccc3C2=O)C(=O)N1. The number of nitrogens with one attached hydrogen (secondary N) is 1. The van der Waals surface area contributed by atoms with Gasteiger partial charge in [0.05, 0.1) is 5.69 Å². The molecule has 55 heavy (non-hydrogen) atoms. The first-order valence-corrected chi connectivity index (χ1v) is 19.9. The van der Waals surface area contributed by atoms with Crippen LogP contribution in [0.2, 0.25) is 0 Å². The Morgan fingerprint density at radius 2 is 1.49 bits per heavy atom. The van der Waals surface area contributed by atoms with Gasteiger partial charge in [-0.2, -0.15) is 0 Å². The number of carbonyl (C=O) groups is 3. The molecule has 9 rings (SSSR count). The molecule has 4 aromatic rings. The number of hydrogen-bond donors (Lipinski definition) is 2. The molecule has 1 atom stereocenters. The van der Waals surface area contributed by atoms with Gasteiger partial charge in [0.2, 0.25) is 11.8 Å². The van der Waals surface area contributed by atoms with Crippen LogP contribution in [0.5, 0.6) is 5.75 Å². The van der Waals surface area contributed by atoms with Gasteiger partial charge in [0.1, 0.15) is 11.8 Å². The van der Waals surface area contributed by atoms with Crippen molar-refractivity contribution in [3.05, 3.63) is 119 Å². The number of hydrogen-bond acceptors (Lipinski definition) is 8. The van der Waals surface area contributed by atoms with Crippen molar-refractivity contribution >= 4 is 40.2 Å². The van der Waals surface area contributed by atoms with Crippen LogP contribution < -0.4 is 15.1 Å². The van der Waals surface area contributed by atoms with Gasteiger partial charge < -0.3 is 19.8 Å². The Labute approximate surface area is 322 Å². The molecule has 10 nitrogen and oxygen atoms in total. The first kappa shape index (κ1) is 35.2. The van der Waals surface area contributed by atoms with E-state index >= 15 is 0 Å². The number of phenolic OH excluding ortho intramolecular Hbond substituents is 1. The summed E-state index contributed by atoms with van der Waals surface area (Å²) in [5.41, 5.74) is 11.1. The molecule has 3 fully saturated rings. The molecule has 3 saturated heterocycles. The molecule has 4 aliphatic heterocycles. The predicted octanol–water partition coefficient (Wildman–Crippen LogP) is 5.88. The van der Waals surface area contributed by atoms with Crippen molar-refractivity contribution in [2.75, 3.05) is 55.6 Å². The van der Waals surface area contributed by atoms with E-state index in [1.54, 1.807) is 11.0 Å². The van der Waals surface area contributed by atoms with Crippen molar-refractivity contribution in [3.63, 3.8) is 0 Å². The van der Waals surface area contributed by atoms with E-state index < -0.39 is 6.04 Å². The Morgan fingerprint density at radius 3 is 2.25 bits per heavy atom. The molecule has 3 aromatic carbocycles. The summed E-state index contributed by atoms with van der Waals surface area (Å²) in [6, 6.07) is 26.5. The number of anilines is 2. The maximum Gasteiger partial charge on any atom is 0.255 e. The summed E-state index contributed by atoms with van der Waals surface area (Å²) in [6.07, 6.45) is 7.75. The van der Waals surface area contributed by atoms with E-state index in [9.17, 15) is 19.5 Å². The number of allylic oxidation sites excluding steroid dienone is 1. The number of nitrogens with zero attached hydrogens (tertiary/aromatic N) is 5. The molecule has 2 N–H and O–H groups in total. The Morgan fingerprint density at radius 1 is 0.727 bits per heavy atom. The minimum Gasteiger partial charge on any atom is -0.508 e. The number of amides is 3. The van der Waals surface area contributed by atoms with Gasteiger partial charge in [0.15, 0.2) is 0 Å². The molecule has 5 heterocycles. The van der Waals surface area contributed by atoms with Crippen molar-refractivity contribution in [2.24, 2.45) is 5.92 Å². The first-order chi connectivity index (χ1) is 26.9. The van der Waals surface area contributed by atoms with Gasteiger partial charge in [-0.1, -0.05) is 24.3 Å². The van der Waals surface area contributed by atoms with Crippen LogP contribution in [0.1, 0.15) is 76.8 Å². The topological polar surface area (TPSA) is 109 Å². The first-order valence-electron chi connectivity index (χ1n) is 19.9. The van der Waals surface area contributed by atoms with E-state index in [1.807, 2.05) is 30.5 Å². The molecule has 282 valence electrons. The summed E-state index contributed by atoms with van der Waals surface area (Å²) in [5, 5.41) is 12.7. The second kappa shape index (κ2) is 15.0. The predicted molar refractivity (Wildman–Crippen MR) is 214 cm³/mol. The van der Waals surface area contributed by atoms with Crippen LogP contribution in [-0.2, 0) is 22.6 Å². The summed E-state index contributed by atoms with van der Waals surface area (Å²) in [5.74, 6) is 0.228. The maximum absolute atomic E-state index is 13.2. The van der Waals surface area contributed by atoms with Crippen LogP contribution in [0, 0.1) is 5.92 Å². The van der Waals surface area contributed by atoms with Gasteiger partial charge in [0, 0.05) is 81.9 Å². The lowest BCUT2D eigenvalue weighted by atomic mass is 9.89. The molecule has 1 aromatic heterocycles. The number of imide groups is 1. The van der Waals surface area contributed by atoms with Gasteiger partial charge in [-0.25, -0.2) is 0 Å². The summed E-state index contributed by atoms with van der Waals surface area (Å²) in [7, 11) is 0. The zero-order chi connectivity index (χ0) is 37.5. The number of benzene rings is 3. The summed E-state index contributed by atoms with van der Waals surface area (Å²) >= 11 is 0. The lowest BCUT2D eigenvalue weighted by Crippen LogP contribution is -2.52. The monoisotopic (exact) mass is 736 g/mol. The smallest absolute Gasteiger partial charge is 0.255 e. The third kappa shape index (κ3) is 7.11. The fourth-order valence-electron chi connectivity index (χ4n) is 9.43. The Kier molecular flexibility index (Phi) is 9.60. The Hall–Kier alpha value is -5.48. The number of piperidine rings is 2. The number of piperazine rings is 1. The molecular formula is C45H48N6O4. The number of aromatic hydroxyl groups is 1. The molecule has 3 amide bonds. The second-order valence-electron chi connectivity index (χ2n) is 15.8. The van der Waals surface area contributed by atoms with Crippen LogP contribution in [0.25, 0.3) is 11.1 Å². The van der Waals surface area contributed by atoms with Gasteiger partial charge in [-0.05, 0) is 132 Å². The van der Waals surface area contributed by atoms with Crippen molar-refractivity contribution in [2.45, 2.75) is 57.5 Å². The largest absolute Gasteiger partial charge is 0.508 e. The van der Waals surface area contributed by atoms with Gasteiger partial charge in [-0.15, -0.1) is 0 Å². The van der Waals surface area contributed by atoms with E-state index in [-0.39, 0.29) is 24.1 Å². The molecule has 1 aliphatic carbocycles. The third-order valence-corrected chi connectivity index (χ3v) is 12.4. The average Bonchev–Trinajstić information content (AvgIpc) is 3.41. The van der Waals surface area contributed by atoms with E-state index in [0.717, 1.165) is 82.0 Å². The number of pyridine rings is 1. The molecule has 10 heteroatoms. The molecule has 0 saturated carbocycles. The van der Waals surface area contributed by atoms with Crippen LogP contribution in [0.4, 0.5) is 11.4 Å². The normalized spacial score (nSPS) is 21.1. The van der Waals surface area contributed by atoms with Gasteiger partial charge in [-0.3, -0.25) is 29.6 Å². The second-order valence-corrected chi connectivity index (χ2v) is 15.8. The van der Waals surface area contributed by atoms with Crippen LogP contribution in [0.3, 0.4) is 0 Å². The van der Waals surface area contributed by atoms with Gasteiger partial charge >= 0.3 is 0 Å². The molecule has 0 bridgehead atoms. The lowest BCUT2D eigenvalue weighted by Gasteiger charge is -2.40. The highest BCUT2D eigenvalue weighted by Crippen LogP contribution is 2.41. The van der Waals surface area contributed by atoms with Crippen molar-refractivity contribution < 1.29 is 19.5 Å². The van der Waals surface area contributed by atoms with Crippen molar-refractivity contribution in [1.29, 1.82) is 0 Å². The van der Waals surface area contributed by atoms with Gasteiger partial charge in [0.25, 0.3) is 5.91 Å².